The molecule has 0 heterocycles. The van der Waals surface area contributed by atoms with E-state index in [9.17, 15) is 0 Å². The Kier molecular flexibility index (Phi) is 4.87. The minimum Gasteiger partial charge on any atom is -0.0843 e. The van der Waals surface area contributed by atoms with Crippen LogP contribution in [0.5, 0.6) is 0 Å². The van der Waals surface area contributed by atoms with Crippen LogP contribution in [0.2, 0.25) is 10.0 Å². The van der Waals surface area contributed by atoms with Gasteiger partial charge in [-0.05, 0) is 54.2 Å². The summed E-state index contributed by atoms with van der Waals surface area (Å²) in [6.45, 7) is 0. The third-order valence-corrected chi connectivity index (χ3v) is 5.08. The molecule has 0 spiro atoms. The van der Waals surface area contributed by atoms with Crippen LogP contribution in [0.4, 0.5) is 0 Å². The Morgan fingerprint density at radius 3 is 1.52 bits per heavy atom. The third-order valence-electron chi connectivity index (χ3n) is 4.58. The van der Waals surface area contributed by atoms with Crippen LogP contribution in [0.25, 0.3) is 0 Å². The highest BCUT2D eigenvalue weighted by atomic mass is 35.5. The second-order valence-corrected chi connectivity index (χ2v) is 6.85. The Hall–Kier alpha value is -0.980. The second-order valence-electron chi connectivity index (χ2n) is 5.98. The van der Waals surface area contributed by atoms with Crippen molar-refractivity contribution < 1.29 is 0 Å². The number of halogens is 2. The van der Waals surface area contributed by atoms with E-state index >= 15 is 0 Å². The van der Waals surface area contributed by atoms with Gasteiger partial charge in [0, 0.05) is 16.0 Å². The smallest absolute Gasteiger partial charge is 0.0406 e. The summed E-state index contributed by atoms with van der Waals surface area (Å²) in [5, 5.41) is 1.61. The molecule has 0 nitrogen and oxygen atoms in total. The lowest BCUT2D eigenvalue weighted by atomic mass is 9.73. The van der Waals surface area contributed by atoms with Crippen molar-refractivity contribution >= 4 is 23.2 Å². The summed E-state index contributed by atoms with van der Waals surface area (Å²) in [6.07, 6.45) is 6.71. The van der Waals surface area contributed by atoms with Crippen molar-refractivity contribution in [3.05, 3.63) is 69.7 Å². The van der Waals surface area contributed by atoms with Gasteiger partial charge in [-0.15, -0.1) is 0 Å². The standard InChI is InChI=1S/C19H20Cl2/c20-17-10-6-15(7-11-17)19(14-4-2-1-3-5-14)16-8-12-18(21)13-9-16/h6-14,19H,1-5H2. The van der Waals surface area contributed by atoms with Crippen molar-refractivity contribution in [2.45, 2.75) is 38.0 Å². The summed E-state index contributed by atoms with van der Waals surface area (Å²) in [5.41, 5.74) is 2.74. The maximum Gasteiger partial charge on any atom is 0.0406 e. The highest BCUT2D eigenvalue weighted by molar-refractivity contribution is 6.30. The van der Waals surface area contributed by atoms with Crippen molar-refractivity contribution in [2.24, 2.45) is 5.92 Å². The minimum absolute atomic E-state index is 0.458. The number of rotatable bonds is 3. The fraction of sp³-hybridized carbons (Fsp3) is 0.368. The van der Waals surface area contributed by atoms with Crippen LogP contribution in [0.1, 0.15) is 49.1 Å². The Balaban J connectivity index is 1.97. The van der Waals surface area contributed by atoms with Crippen LogP contribution >= 0.6 is 23.2 Å². The Labute approximate surface area is 137 Å². The summed E-state index contributed by atoms with van der Waals surface area (Å²) in [4.78, 5) is 0. The first kappa shape index (κ1) is 14.9. The highest BCUT2D eigenvalue weighted by Crippen LogP contribution is 2.40. The van der Waals surface area contributed by atoms with E-state index in [4.69, 9.17) is 23.2 Å². The Bertz CT molecular complexity index is 520. The zero-order chi connectivity index (χ0) is 14.7. The van der Waals surface area contributed by atoms with Crippen molar-refractivity contribution in [1.82, 2.24) is 0 Å². The fourth-order valence-electron chi connectivity index (χ4n) is 3.54. The zero-order valence-corrected chi connectivity index (χ0v) is 13.6. The van der Waals surface area contributed by atoms with E-state index < -0.39 is 0 Å². The molecule has 1 fully saturated rings. The van der Waals surface area contributed by atoms with Gasteiger partial charge in [0.1, 0.15) is 0 Å². The SMILES string of the molecule is Clc1ccc(C(c2ccc(Cl)cc2)C2CCCCC2)cc1. The topological polar surface area (TPSA) is 0 Å². The first-order valence-electron chi connectivity index (χ1n) is 7.75. The quantitative estimate of drug-likeness (QED) is 0.590. The predicted molar refractivity (Wildman–Crippen MR) is 91.3 cm³/mol. The van der Waals surface area contributed by atoms with Crippen LogP contribution in [0.15, 0.2) is 48.5 Å². The fourth-order valence-corrected chi connectivity index (χ4v) is 3.80. The molecule has 3 rings (SSSR count). The van der Waals surface area contributed by atoms with Gasteiger partial charge in [0.15, 0.2) is 0 Å². The molecule has 0 radical (unpaired) electrons. The number of hydrogen-bond acceptors (Lipinski definition) is 0. The van der Waals surface area contributed by atoms with E-state index in [2.05, 4.69) is 24.3 Å². The van der Waals surface area contributed by atoms with Crippen LogP contribution in [-0.2, 0) is 0 Å². The van der Waals surface area contributed by atoms with Crippen LogP contribution in [0, 0.1) is 5.92 Å². The lowest BCUT2D eigenvalue weighted by Crippen LogP contribution is -2.17. The van der Waals surface area contributed by atoms with Crippen molar-refractivity contribution in [1.29, 1.82) is 0 Å². The Morgan fingerprint density at radius 1 is 0.667 bits per heavy atom. The number of benzene rings is 2. The van der Waals surface area contributed by atoms with E-state index in [0.717, 1.165) is 16.0 Å². The average Bonchev–Trinajstić information content (AvgIpc) is 2.52. The molecule has 110 valence electrons. The molecule has 21 heavy (non-hydrogen) atoms. The van der Waals surface area contributed by atoms with Crippen molar-refractivity contribution in [3.63, 3.8) is 0 Å². The van der Waals surface area contributed by atoms with E-state index in [1.807, 2.05) is 24.3 Å². The lowest BCUT2D eigenvalue weighted by Gasteiger charge is -2.31. The summed E-state index contributed by atoms with van der Waals surface area (Å²) < 4.78 is 0. The highest BCUT2D eigenvalue weighted by Gasteiger charge is 2.26. The molecule has 1 aliphatic carbocycles. The molecular formula is C19H20Cl2. The average molecular weight is 319 g/mol. The summed E-state index contributed by atoms with van der Waals surface area (Å²) in [5.74, 6) is 1.18. The van der Waals surface area contributed by atoms with Crippen LogP contribution in [-0.4, -0.2) is 0 Å². The van der Waals surface area contributed by atoms with E-state index in [-0.39, 0.29) is 0 Å². The van der Waals surface area contributed by atoms with E-state index in [1.54, 1.807) is 0 Å². The molecular weight excluding hydrogens is 299 g/mol. The molecule has 0 bridgehead atoms. The molecule has 0 atom stereocenters. The van der Waals surface area contributed by atoms with E-state index in [1.165, 1.54) is 43.2 Å². The van der Waals surface area contributed by atoms with Gasteiger partial charge in [-0.25, -0.2) is 0 Å². The van der Waals surface area contributed by atoms with Crippen molar-refractivity contribution in [3.8, 4) is 0 Å². The van der Waals surface area contributed by atoms with E-state index in [0.29, 0.717) is 5.92 Å². The molecule has 2 aromatic rings. The lowest BCUT2D eigenvalue weighted by molar-refractivity contribution is 0.327. The van der Waals surface area contributed by atoms with Gasteiger partial charge < -0.3 is 0 Å². The molecule has 0 aromatic heterocycles. The van der Waals surface area contributed by atoms with Gasteiger partial charge in [-0.2, -0.15) is 0 Å². The van der Waals surface area contributed by atoms with Gasteiger partial charge >= 0.3 is 0 Å². The molecule has 1 saturated carbocycles. The summed E-state index contributed by atoms with van der Waals surface area (Å²) in [7, 11) is 0. The first-order valence-corrected chi connectivity index (χ1v) is 8.50. The van der Waals surface area contributed by atoms with Gasteiger partial charge in [0.25, 0.3) is 0 Å². The first-order chi connectivity index (χ1) is 10.2. The van der Waals surface area contributed by atoms with Gasteiger partial charge in [0.2, 0.25) is 0 Å². The molecule has 0 amide bonds. The molecule has 2 aromatic carbocycles. The molecule has 0 saturated heterocycles. The van der Waals surface area contributed by atoms with Crippen molar-refractivity contribution in [2.75, 3.05) is 0 Å². The normalized spacial score (nSPS) is 16.3. The predicted octanol–water partition coefficient (Wildman–Crippen LogP) is 6.71. The van der Waals surface area contributed by atoms with Crippen LogP contribution in [0.3, 0.4) is 0 Å². The second kappa shape index (κ2) is 6.85. The molecule has 0 unspecified atom stereocenters. The molecule has 0 N–H and O–H groups in total. The minimum atomic E-state index is 0.458. The largest absolute Gasteiger partial charge is 0.0843 e. The molecule has 0 aliphatic heterocycles. The van der Waals surface area contributed by atoms with Gasteiger partial charge in [-0.1, -0.05) is 66.7 Å². The van der Waals surface area contributed by atoms with Gasteiger partial charge in [-0.3, -0.25) is 0 Å². The third kappa shape index (κ3) is 3.62. The molecule has 1 aliphatic rings. The van der Waals surface area contributed by atoms with Gasteiger partial charge in [0.05, 0.1) is 0 Å². The summed E-state index contributed by atoms with van der Waals surface area (Å²) in [6, 6.07) is 16.7. The maximum absolute atomic E-state index is 6.05. The number of hydrogen-bond donors (Lipinski definition) is 0. The Morgan fingerprint density at radius 2 is 1.10 bits per heavy atom. The maximum atomic E-state index is 6.05. The van der Waals surface area contributed by atoms with Crippen LogP contribution < -0.4 is 0 Å². The summed E-state index contributed by atoms with van der Waals surface area (Å²) >= 11 is 12.1. The monoisotopic (exact) mass is 318 g/mol. The zero-order valence-electron chi connectivity index (χ0n) is 12.1. The molecule has 2 heteroatoms.